The van der Waals surface area contributed by atoms with Crippen LogP contribution in [-0.2, 0) is 16.2 Å². The topological polar surface area (TPSA) is 84.9 Å². The number of hydrogen-bond acceptors (Lipinski definition) is 6. The number of halogens is 2. The first kappa shape index (κ1) is 28.5. The molecule has 0 unspecified atom stereocenters. The van der Waals surface area contributed by atoms with Crippen LogP contribution in [-0.4, -0.2) is 35.1 Å². The van der Waals surface area contributed by atoms with Crippen LogP contribution in [0.1, 0.15) is 29.2 Å². The Morgan fingerprint density at radius 1 is 1.05 bits per heavy atom. The normalized spacial score (nSPS) is 14.2. The molecule has 39 heavy (non-hydrogen) atoms. The highest BCUT2D eigenvalue weighted by atomic mass is 35.5. The Morgan fingerprint density at radius 2 is 1.79 bits per heavy atom. The summed E-state index contributed by atoms with van der Waals surface area (Å²) in [6, 6.07) is 16.1. The molecule has 0 spiro atoms. The standard InChI is InChI=1S/C29H26Cl2N2O5S/c1-4-37-24-13-20(12-22(31)27(24)38-16-19-8-10-21(30)11-9-19)14-25-28(35)33(29(36)39-25)15-26(34)32-23-7-5-6-17(2)18(23)3/h5-14H,4,15-16H2,1-3H3,(H,32,34)/b25-14+. The number of imide groups is 1. The molecule has 10 heteroatoms. The Morgan fingerprint density at radius 3 is 2.51 bits per heavy atom. The second kappa shape index (κ2) is 12.6. The summed E-state index contributed by atoms with van der Waals surface area (Å²) in [5.41, 5.74) is 4.03. The van der Waals surface area contributed by atoms with Crippen LogP contribution in [0.4, 0.5) is 10.5 Å². The maximum absolute atomic E-state index is 13.0. The van der Waals surface area contributed by atoms with Gasteiger partial charge in [0.1, 0.15) is 13.2 Å². The van der Waals surface area contributed by atoms with Crippen molar-refractivity contribution in [1.82, 2.24) is 4.90 Å². The van der Waals surface area contributed by atoms with Gasteiger partial charge in [-0.15, -0.1) is 0 Å². The van der Waals surface area contributed by atoms with Crippen LogP contribution in [0, 0.1) is 13.8 Å². The van der Waals surface area contributed by atoms with E-state index in [9.17, 15) is 14.4 Å². The first-order chi connectivity index (χ1) is 18.7. The van der Waals surface area contributed by atoms with E-state index >= 15 is 0 Å². The lowest BCUT2D eigenvalue weighted by atomic mass is 10.1. The van der Waals surface area contributed by atoms with Gasteiger partial charge in [0.2, 0.25) is 5.91 Å². The molecule has 202 valence electrons. The van der Waals surface area contributed by atoms with Gasteiger partial charge in [0, 0.05) is 10.7 Å². The SMILES string of the molecule is CCOc1cc(/C=C2/SC(=O)N(CC(=O)Nc3cccc(C)c3C)C2=O)cc(Cl)c1OCc1ccc(Cl)cc1. The Balaban J connectivity index is 1.49. The van der Waals surface area contributed by atoms with Crippen molar-refractivity contribution >= 4 is 63.8 Å². The largest absolute Gasteiger partial charge is 0.490 e. The van der Waals surface area contributed by atoms with Crippen molar-refractivity contribution in [2.45, 2.75) is 27.4 Å². The Hall–Kier alpha value is -3.46. The second-order valence-electron chi connectivity index (χ2n) is 8.74. The van der Waals surface area contributed by atoms with Crippen molar-refractivity contribution in [1.29, 1.82) is 0 Å². The zero-order chi connectivity index (χ0) is 28.1. The van der Waals surface area contributed by atoms with Gasteiger partial charge < -0.3 is 14.8 Å². The minimum Gasteiger partial charge on any atom is -0.490 e. The molecule has 7 nitrogen and oxygen atoms in total. The molecule has 0 radical (unpaired) electrons. The molecule has 4 rings (SSSR count). The number of rotatable bonds is 9. The quantitative estimate of drug-likeness (QED) is 0.266. The summed E-state index contributed by atoms with van der Waals surface area (Å²) < 4.78 is 11.7. The molecule has 0 saturated carbocycles. The lowest BCUT2D eigenvalue weighted by Crippen LogP contribution is -2.36. The number of ether oxygens (including phenoxy) is 2. The molecule has 1 aliphatic rings. The lowest BCUT2D eigenvalue weighted by Gasteiger charge is -2.15. The molecule has 1 fully saturated rings. The van der Waals surface area contributed by atoms with E-state index in [1.165, 1.54) is 0 Å². The summed E-state index contributed by atoms with van der Waals surface area (Å²) in [7, 11) is 0. The molecular formula is C29H26Cl2N2O5S. The monoisotopic (exact) mass is 584 g/mol. The van der Waals surface area contributed by atoms with Crippen molar-refractivity contribution in [2.75, 3.05) is 18.5 Å². The summed E-state index contributed by atoms with van der Waals surface area (Å²) in [4.78, 5) is 39.3. The van der Waals surface area contributed by atoms with Crippen LogP contribution in [0.15, 0.2) is 59.5 Å². The number of carbonyl (C=O) groups is 3. The van der Waals surface area contributed by atoms with Crippen LogP contribution >= 0.6 is 35.0 Å². The highest BCUT2D eigenvalue weighted by Crippen LogP contribution is 2.39. The summed E-state index contributed by atoms with van der Waals surface area (Å²) in [5.74, 6) is -0.256. The number of carbonyl (C=O) groups excluding carboxylic acids is 3. The van der Waals surface area contributed by atoms with Gasteiger partial charge in [-0.2, -0.15) is 0 Å². The van der Waals surface area contributed by atoms with E-state index in [4.69, 9.17) is 32.7 Å². The smallest absolute Gasteiger partial charge is 0.294 e. The van der Waals surface area contributed by atoms with E-state index in [1.807, 2.05) is 45.0 Å². The molecular weight excluding hydrogens is 559 g/mol. The molecule has 1 heterocycles. The number of aryl methyl sites for hydroxylation is 1. The van der Waals surface area contributed by atoms with Crippen molar-refractivity contribution in [2.24, 2.45) is 0 Å². The summed E-state index contributed by atoms with van der Waals surface area (Å²) in [6.07, 6.45) is 1.55. The maximum Gasteiger partial charge on any atom is 0.294 e. The number of nitrogens with one attached hydrogen (secondary N) is 1. The van der Waals surface area contributed by atoms with Crippen LogP contribution in [0.2, 0.25) is 10.0 Å². The fraction of sp³-hybridized carbons (Fsp3) is 0.207. The number of thioether (sulfide) groups is 1. The third-order valence-corrected chi connectivity index (χ3v) is 7.42. The van der Waals surface area contributed by atoms with Crippen molar-refractivity contribution < 1.29 is 23.9 Å². The third kappa shape index (κ3) is 6.95. The predicted octanol–water partition coefficient (Wildman–Crippen LogP) is 7.26. The average molecular weight is 586 g/mol. The number of nitrogens with zero attached hydrogens (tertiary/aromatic N) is 1. The Kier molecular flexibility index (Phi) is 9.22. The lowest BCUT2D eigenvalue weighted by molar-refractivity contribution is -0.127. The van der Waals surface area contributed by atoms with Crippen LogP contribution < -0.4 is 14.8 Å². The highest BCUT2D eigenvalue weighted by Gasteiger charge is 2.36. The van der Waals surface area contributed by atoms with Gasteiger partial charge in [-0.1, -0.05) is 47.5 Å². The fourth-order valence-corrected chi connectivity index (χ4v) is 5.06. The predicted molar refractivity (Wildman–Crippen MR) is 156 cm³/mol. The van der Waals surface area contributed by atoms with Gasteiger partial charge >= 0.3 is 0 Å². The molecule has 3 aromatic rings. The number of amides is 3. The minimum absolute atomic E-state index is 0.174. The first-order valence-corrected chi connectivity index (χ1v) is 13.7. The average Bonchev–Trinajstić information content (AvgIpc) is 3.14. The van der Waals surface area contributed by atoms with E-state index in [1.54, 1.807) is 36.4 Å². The molecule has 3 amide bonds. The van der Waals surface area contributed by atoms with Crippen LogP contribution in [0.25, 0.3) is 6.08 Å². The molecule has 0 atom stereocenters. The third-order valence-electron chi connectivity index (χ3n) is 5.98. The number of anilines is 1. The number of hydrogen-bond donors (Lipinski definition) is 1. The van der Waals surface area contributed by atoms with Crippen molar-refractivity contribution in [3.8, 4) is 11.5 Å². The molecule has 0 aromatic heterocycles. The molecule has 1 saturated heterocycles. The van der Waals surface area contributed by atoms with Crippen molar-refractivity contribution in [3.63, 3.8) is 0 Å². The zero-order valence-electron chi connectivity index (χ0n) is 21.5. The zero-order valence-corrected chi connectivity index (χ0v) is 23.9. The summed E-state index contributed by atoms with van der Waals surface area (Å²) >= 11 is 13.2. The minimum atomic E-state index is -0.557. The van der Waals surface area contributed by atoms with Gasteiger partial charge in [-0.3, -0.25) is 19.3 Å². The van der Waals surface area contributed by atoms with Gasteiger partial charge in [-0.25, -0.2) is 0 Å². The molecule has 1 aliphatic heterocycles. The van der Waals surface area contributed by atoms with E-state index in [0.717, 1.165) is 33.4 Å². The number of benzene rings is 3. The fourth-order valence-electron chi connectivity index (χ4n) is 3.82. The molecule has 3 aromatic carbocycles. The van der Waals surface area contributed by atoms with Crippen molar-refractivity contribution in [3.05, 3.63) is 91.8 Å². The molecule has 1 N–H and O–H groups in total. The maximum atomic E-state index is 13.0. The van der Waals surface area contributed by atoms with E-state index in [0.29, 0.717) is 34.4 Å². The summed E-state index contributed by atoms with van der Waals surface area (Å²) in [6.45, 7) is 5.88. The van der Waals surface area contributed by atoms with Gasteiger partial charge in [0.15, 0.2) is 11.5 Å². The van der Waals surface area contributed by atoms with E-state index in [2.05, 4.69) is 5.32 Å². The van der Waals surface area contributed by atoms with Gasteiger partial charge in [0.05, 0.1) is 16.5 Å². The van der Waals surface area contributed by atoms with Crippen LogP contribution in [0.5, 0.6) is 11.5 Å². The van der Waals surface area contributed by atoms with Gasteiger partial charge in [-0.05, 0) is 91.2 Å². The molecule has 0 aliphatic carbocycles. The molecule has 0 bridgehead atoms. The Bertz CT molecular complexity index is 1460. The highest BCUT2D eigenvalue weighted by molar-refractivity contribution is 8.18. The first-order valence-electron chi connectivity index (χ1n) is 12.1. The van der Waals surface area contributed by atoms with E-state index < -0.39 is 23.6 Å². The van der Waals surface area contributed by atoms with Gasteiger partial charge in [0.25, 0.3) is 11.1 Å². The Labute approximate surface area is 241 Å². The van der Waals surface area contributed by atoms with E-state index in [-0.39, 0.29) is 16.5 Å². The van der Waals surface area contributed by atoms with Crippen LogP contribution in [0.3, 0.4) is 0 Å². The second-order valence-corrected chi connectivity index (χ2v) is 10.6. The summed E-state index contributed by atoms with van der Waals surface area (Å²) in [5, 5.41) is 3.16.